The quantitative estimate of drug-likeness (QED) is 0.528. The van der Waals surface area contributed by atoms with Crippen molar-refractivity contribution in [2.75, 3.05) is 25.0 Å². The standard InChI is InChI=1S/C24H27N3O4/c1-16(22-14-18-6-2-5-9-21(18)31-22)25-23(29)15-27-12-10-17(11-13-27)24(30)26-19-7-3-4-8-20(19)28/h2-9,14,16-17,28H,10-13,15H2,1H3,(H,25,29)(H,26,30)/t16-/m1/s1. The topological polar surface area (TPSA) is 94.8 Å². The van der Waals surface area contributed by atoms with E-state index in [-0.39, 0.29) is 29.5 Å². The fourth-order valence-electron chi connectivity index (χ4n) is 3.94. The van der Waals surface area contributed by atoms with Gasteiger partial charge in [0.05, 0.1) is 18.3 Å². The first-order valence-corrected chi connectivity index (χ1v) is 10.6. The molecule has 31 heavy (non-hydrogen) atoms. The molecule has 3 aromatic rings. The number of para-hydroxylation sites is 3. The Morgan fingerprint density at radius 3 is 2.58 bits per heavy atom. The van der Waals surface area contributed by atoms with E-state index < -0.39 is 0 Å². The lowest BCUT2D eigenvalue weighted by Gasteiger charge is -2.31. The Morgan fingerprint density at radius 2 is 1.84 bits per heavy atom. The molecule has 7 heteroatoms. The molecule has 0 unspecified atom stereocenters. The van der Waals surface area contributed by atoms with Gasteiger partial charge in [-0.1, -0.05) is 30.3 Å². The van der Waals surface area contributed by atoms with Crippen molar-refractivity contribution in [3.05, 3.63) is 60.4 Å². The third kappa shape index (κ3) is 5.06. The minimum atomic E-state index is -0.221. The van der Waals surface area contributed by atoms with Crippen LogP contribution in [0.2, 0.25) is 0 Å². The Hall–Kier alpha value is -3.32. The smallest absolute Gasteiger partial charge is 0.234 e. The molecule has 2 aromatic carbocycles. The Morgan fingerprint density at radius 1 is 1.13 bits per heavy atom. The van der Waals surface area contributed by atoms with Crippen LogP contribution in [0.3, 0.4) is 0 Å². The summed E-state index contributed by atoms with van der Waals surface area (Å²) in [5, 5.41) is 16.6. The van der Waals surface area contributed by atoms with Gasteiger partial charge >= 0.3 is 0 Å². The van der Waals surface area contributed by atoms with Crippen molar-refractivity contribution in [1.82, 2.24) is 10.2 Å². The molecule has 1 saturated heterocycles. The number of amides is 2. The molecule has 1 atom stereocenters. The molecule has 1 aromatic heterocycles. The number of nitrogens with zero attached hydrogens (tertiary/aromatic N) is 1. The van der Waals surface area contributed by atoms with Crippen LogP contribution in [0.4, 0.5) is 5.69 Å². The zero-order valence-corrected chi connectivity index (χ0v) is 17.5. The van der Waals surface area contributed by atoms with E-state index in [1.165, 1.54) is 0 Å². The molecule has 0 spiro atoms. The van der Waals surface area contributed by atoms with E-state index in [2.05, 4.69) is 15.5 Å². The van der Waals surface area contributed by atoms with Gasteiger partial charge in [0.1, 0.15) is 17.1 Å². The summed E-state index contributed by atoms with van der Waals surface area (Å²) in [5.41, 5.74) is 1.23. The van der Waals surface area contributed by atoms with Gasteiger partial charge in [0.2, 0.25) is 11.8 Å². The second kappa shape index (κ2) is 9.22. The first-order chi connectivity index (χ1) is 15.0. The van der Waals surface area contributed by atoms with E-state index >= 15 is 0 Å². The third-order valence-corrected chi connectivity index (χ3v) is 5.74. The van der Waals surface area contributed by atoms with Crippen LogP contribution in [0.15, 0.2) is 59.0 Å². The number of likely N-dealkylation sites (tertiary alicyclic amines) is 1. The molecule has 2 amide bonds. The Balaban J connectivity index is 1.24. The lowest BCUT2D eigenvalue weighted by molar-refractivity contribution is -0.124. The van der Waals surface area contributed by atoms with Crippen molar-refractivity contribution < 1.29 is 19.1 Å². The number of nitrogens with one attached hydrogen (secondary N) is 2. The highest BCUT2D eigenvalue weighted by Crippen LogP contribution is 2.25. The minimum Gasteiger partial charge on any atom is -0.506 e. The number of furan rings is 1. The average Bonchev–Trinajstić information content (AvgIpc) is 3.20. The summed E-state index contributed by atoms with van der Waals surface area (Å²) in [4.78, 5) is 27.1. The zero-order chi connectivity index (χ0) is 21.8. The fraction of sp³-hybridized carbons (Fsp3) is 0.333. The lowest BCUT2D eigenvalue weighted by Crippen LogP contribution is -2.43. The molecule has 3 N–H and O–H groups in total. The lowest BCUT2D eigenvalue weighted by atomic mass is 9.95. The average molecular weight is 421 g/mol. The van der Waals surface area contributed by atoms with Crippen LogP contribution in [-0.4, -0.2) is 41.5 Å². The van der Waals surface area contributed by atoms with Gasteiger partial charge in [0.25, 0.3) is 0 Å². The highest BCUT2D eigenvalue weighted by molar-refractivity contribution is 5.94. The van der Waals surface area contributed by atoms with E-state index in [0.717, 1.165) is 16.7 Å². The molecule has 1 aliphatic heterocycles. The first kappa shape index (κ1) is 20.9. The summed E-state index contributed by atoms with van der Waals surface area (Å²) in [6.45, 7) is 3.54. The summed E-state index contributed by atoms with van der Waals surface area (Å²) >= 11 is 0. The number of carbonyl (C=O) groups excluding carboxylic acids is 2. The first-order valence-electron chi connectivity index (χ1n) is 10.6. The largest absolute Gasteiger partial charge is 0.506 e. The normalized spacial score (nSPS) is 16.2. The van der Waals surface area contributed by atoms with E-state index in [4.69, 9.17) is 4.42 Å². The van der Waals surface area contributed by atoms with Crippen molar-refractivity contribution in [1.29, 1.82) is 0 Å². The maximum atomic E-state index is 12.5. The van der Waals surface area contributed by atoms with Crippen molar-refractivity contribution in [2.45, 2.75) is 25.8 Å². The van der Waals surface area contributed by atoms with Gasteiger partial charge in [0.15, 0.2) is 0 Å². The van der Waals surface area contributed by atoms with Crippen LogP contribution in [0, 0.1) is 5.92 Å². The van der Waals surface area contributed by atoms with Crippen LogP contribution in [0.1, 0.15) is 31.6 Å². The predicted octanol–water partition coefficient (Wildman–Crippen LogP) is 3.67. The molecule has 0 bridgehead atoms. The van der Waals surface area contributed by atoms with E-state index in [0.29, 0.717) is 38.2 Å². The van der Waals surface area contributed by atoms with Gasteiger partial charge in [-0.3, -0.25) is 14.5 Å². The van der Waals surface area contributed by atoms with Crippen LogP contribution >= 0.6 is 0 Å². The van der Waals surface area contributed by atoms with Crippen molar-refractivity contribution in [3.8, 4) is 5.75 Å². The monoisotopic (exact) mass is 421 g/mol. The van der Waals surface area contributed by atoms with E-state index in [9.17, 15) is 14.7 Å². The van der Waals surface area contributed by atoms with Crippen molar-refractivity contribution in [3.63, 3.8) is 0 Å². The summed E-state index contributed by atoms with van der Waals surface area (Å²) in [7, 11) is 0. The van der Waals surface area contributed by atoms with Crippen molar-refractivity contribution in [2.24, 2.45) is 5.92 Å². The highest BCUT2D eigenvalue weighted by Gasteiger charge is 2.27. The molecule has 0 radical (unpaired) electrons. The number of piperidine rings is 1. The maximum Gasteiger partial charge on any atom is 0.234 e. The second-order valence-electron chi connectivity index (χ2n) is 8.03. The molecule has 2 heterocycles. The number of fused-ring (bicyclic) bond motifs is 1. The van der Waals surface area contributed by atoms with Crippen LogP contribution < -0.4 is 10.6 Å². The maximum absolute atomic E-state index is 12.5. The molecule has 1 fully saturated rings. The molecule has 1 aliphatic rings. The van der Waals surface area contributed by atoms with Crippen LogP contribution in [-0.2, 0) is 9.59 Å². The molecule has 7 nitrogen and oxygen atoms in total. The van der Waals surface area contributed by atoms with Gasteiger partial charge in [-0.25, -0.2) is 0 Å². The molecule has 0 aliphatic carbocycles. The fourth-order valence-corrected chi connectivity index (χ4v) is 3.94. The Kier molecular flexibility index (Phi) is 6.23. The Bertz CT molecular complexity index is 1040. The SMILES string of the molecule is C[C@@H](NC(=O)CN1CCC(C(=O)Nc2ccccc2O)CC1)c1cc2ccccc2o1. The minimum absolute atomic E-state index is 0.0588. The second-order valence-corrected chi connectivity index (χ2v) is 8.03. The molecular formula is C24H27N3O4. The van der Waals surface area contributed by atoms with Gasteiger partial charge in [-0.15, -0.1) is 0 Å². The van der Waals surface area contributed by atoms with E-state index in [1.807, 2.05) is 37.3 Å². The number of carbonyl (C=O) groups is 2. The number of benzene rings is 2. The molecular weight excluding hydrogens is 394 g/mol. The van der Waals surface area contributed by atoms with Crippen LogP contribution in [0.5, 0.6) is 5.75 Å². The van der Waals surface area contributed by atoms with Gasteiger partial charge < -0.3 is 20.2 Å². The number of aromatic hydroxyl groups is 1. The summed E-state index contributed by atoms with van der Waals surface area (Å²) < 4.78 is 5.83. The number of hydrogen-bond donors (Lipinski definition) is 3. The third-order valence-electron chi connectivity index (χ3n) is 5.74. The number of hydrogen-bond acceptors (Lipinski definition) is 5. The number of phenols is 1. The zero-order valence-electron chi connectivity index (χ0n) is 17.5. The highest BCUT2D eigenvalue weighted by atomic mass is 16.3. The molecule has 4 rings (SSSR count). The molecule has 162 valence electrons. The van der Waals surface area contributed by atoms with Crippen LogP contribution in [0.25, 0.3) is 11.0 Å². The Labute approximate surface area is 181 Å². The summed E-state index contributed by atoms with van der Waals surface area (Å²) in [6, 6.07) is 16.2. The van der Waals surface area contributed by atoms with Gasteiger partial charge in [-0.05, 0) is 57.1 Å². The number of anilines is 1. The summed E-state index contributed by atoms with van der Waals surface area (Å²) in [6.07, 6.45) is 1.34. The van der Waals surface area contributed by atoms with Gasteiger partial charge in [-0.2, -0.15) is 0 Å². The number of phenolic OH excluding ortho intramolecular Hbond substituents is 1. The predicted molar refractivity (Wildman–Crippen MR) is 119 cm³/mol. The van der Waals surface area contributed by atoms with Gasteiger partial charge in [0, 0.05) is 11.3 Å². The number of rotatable bonds is 6. The van der Waals surface area contributed by atoms with E-state index in [1.54, 1.807) is 24.3 Å². The molecule has 0 saturated carbocycles. The summed E-state index contributed by atoms with van der Waals surface area (Å²) in [5.74, 6) is 0.500. The van der Waals surface area contributed by atoms with Crippen molar-refractivity contribution >= 4 is 28.5 Å².